The quantitative estimate of drug-likeness (QED) is 0.825. The third kappa shape index (κ3) is 4.92. The van der Waals surface area contributed by atoms with Gasteiger partial charge in [0.15, 0.2) is 0 Å². The molecule has 134 valence electrons. The molecule has 10 heteroatoms. The summed E-state index contributed by atoms with van der Waals surface area (Å²) >= 11 is 0. The SMILES string of the molecule is O=C(O)CN1CCC(NS(=O)(=O)c2cccc(C(F)(F)F)c2)CC1. The van der Waals surface area contributed by atoms with Gasteiger partial charge >= 0.3 is 12.1 Å². The van der Waals surface area contributed by atoms with Crippen molar-refractivity contribution in [1.29, 1.82) is 0 Å². The van der Waals surface area contributed by atoms with E-state index in [0.717, 1.165) is 18.2 Å². The van der Waals surface area contributed by atoms with E-state index in [9.17, 15) is 26.4 Å². The van der Waals surface area contributed by atoms with Crippen molar-refractivity contribution in [3.63, 3.8) is 0 Å². The Hall–Kier alpha value is -1.65. The van der Waals surface area contributed by atoms with Crippen molar-refractivity contribution < 1.29 is 31.5 Å². The van der Waals surface area contributed by atoms with E-state index in [1.54, 1.807) is 4.90 Å². The Labute approximate surface area is 137 Å². The Morgan fingerprint density at radius 2 is 1.92 bits per heavy atom. The van der Waals surface area contributed by atoms with Gasteiger partial charge < -0.3 is 5.11 Å². The van der Waals surface area contributed by atoms with Crippen LogP contribution in [0.4, 0.5) is 13.2 Å². The maximum absolute atomic E-state index is 12.7. The fraction of sp³-hybridized carbons (Fsp3) is 0.500. The van der Waals surface area contributed by atoms with Gasteiger partial charge in [-0.25, -0.2) is 13.1 Å². The fourth-order valence-electron chi connectivity index (χ4n) is 2.53. The summed E-state index contributed by atoms with van der Waals surface area (Å²) in [5.41, 5.74) is -1.03. The first-order valence-corrected chi connectivity index (χ1v) is 8.70. The second-order valence-electron chi connectivity index (χ2n) is 5.59. The first kappa shape index (κ1) is 18.7. The van der Waals surface area contributed by atoms with Gasteiger partial charge in [0.1, 0.15) is 0 Å². The minimum Gasteiger partial charge on any atom is -0.480 e. The number of hydrogen-bond acceptors (Lipinski definition) is 4. The second kappa shape index (κ2) is 7.08. The number of nitrogens with one attached hydrogen (secondary N) is 1. The molecule has 1 aliphatic rings. The third-order valence-electron chi connectivity index (χ3n) is 3.74. The first-order chi connectivity index (χ1) is 11.1. The number of carboxylic acid groups (broad SMARTS) is 1. The predicted molar refractivity (Wildman–Crippen MR) is 78.9 cm³/mol. The van der Waals surface area contributed by atoms with E-state index >= 15 is 0 Å². The minimum atomic E-state index is -4.62. The van der Waals surface area contributed by atoms with Crippen molar-refractivity contribution in [3.05, 3.63) is 29.8 Å². The molecule has 0 spiro atoms. The molecule has 0 amide bonds. The monoisotopic (exact) mass is 366 g/mol. The maximum atomic E-state index is 12.7. The summed E-state index contributed by atoms with van der Waals surface area (Å²) in [5.74, 6) is -0.960. The fourth-order valence-corrected chi connectivity index (χ4v) is 3.88. The largest absolute Gasteiger partial charge is 0.480 e. The molecular formula is C14H17F3N2O4S. The van der Waals surface area contributed by atoms with E-state index in [2.05, 4.69) is 4.72 Å². The van der Waals surface area contributed by atoms with E-state index in [-0.39, 0.29) is 6.54 Å². The van der Waals surface area contributed by atoms with Crippen molar-refractivity contribution in [1.82, 2.24) is 9.62 Å². The molecule has 1 heterocycles. The summed E-state index contributed by atoms with van der Waals surface area (Å²) in [7, 11) is -4.07. The van der Waals surface area contributed by atoms with E-state index < -0.39 is 38.7 Å². The molecule has 0 bridgehead atoms. The smallest absolute Gasteiger partial charge is 0.416 e. The molecule has 1 aromatic rings. The predicted octanol–water partition coefficient (Wildman–Crippen LogP) is 1.53. The summed E-state index contributed by atoms with van der Waals surface area (Å²) in [6.45, 7) is 0.692. The third-order valence-corrected chi connectivity index (χ3v) is 5.26. The van der Waals surface area contributed by atoms with Gasteiger partial charge in [0.2, 0.25) is 10.0 Å². The van der Waals surface area contributed by atoms with Crippen molar-refractivity contribution in [3.8, 4) is 0 Å². The Morgan fingerprint density at radius 3 is 2.46 bits per heavy atom. The highest BCUT2D eigenvalue weighted by Crippen LogP contribution is 2.30. The number of hydrogen-bond donors (Lipinski definition) is 2. The zero-order valence-corrected chi connectivity index (χ0v) is 13.4. The number of aliphatic carboxylic acids is 1. The van der Waals surface area contributed by atoms with Crippen molar-refractivity contribution >= 4 is 16.0 Å². The Bertz CT molecular complexity index is 698. The molecule has 0 atom stereocenters. The first-order valence-electron chi connectivity index (χ1n) is 7.22. The molecule has 2 rings (SSSR count). The average molecular weight is 366 g/mol. The normalized spacial score (nSPS) is 17.8. The Kier molecular flexibility index (Phi) is 5.51. The second-order valence-corrected chi connectivity index (χ2v) is 7.31. The summed E-state index contributed by atoms with van der Waals surface area (Å²) in [4.78, 5) is 11.9. The zero-order valence-electron chi connectivity index (χ0n) is 12.6. The number of nitrogens with zero attached hydrogens (tertiary/aromatic N) is 1. The number of halogens is 3. The lowest BCUT2D eigenvalue weighted by Crippen LogP contribution is -2.45. The topological polar surface area (TPSA) is 86.7 Å². The van der Waals surface area contributed by atoms with E-state index in [4.69, 9.17) is 5.11 Å². The average Bonchev–Trinajstić information content (AvgIpc) is 2.48. The summed E-state index contributed by atoms with van der Waals surface area (Å²) in [6, 6.07) is 3.13. The lowest BCUT2D eigenvalue weighted by molar-refractivity contribution is -0.139. The van der Waals surface area contributed by atoms with Crippen LogP contribution >= 0.6 is 0 Å². The Balaban J connectivity index is 2.04. The number of carbonyl (C=O) groups is 1. The van der Waals surface area contributed by atoms with Crippen molar-refractivity contribution in [2.75, 3.05) is 19.6 Å². The highest BCUT2D eigenvalue weighted by Gasteiger charge is 2.32. The number of benzene rings is 1. The van der Waals surface area contributed by atoms with Crippen LogP contribution in [-0.4, -0.2) is 50.1 Å². The van der Waals surface area contributed by atoms with Crippen LogP contribution in [0.3, 0.4) is 0 Å². The van der Waals surface area contributed by atoms with Gasteiger partial charge in [-0.2, -0.15) is 13.2 Å². The van der Waals surface area contributed by atoms with Gasteiger partial charge in [-0.05, 0) is 31.0 Å². The number of carboxylic acids is 1. The van der Waals surface area contributed by atoms with Crippen LogP contribution in [0.25, 0.3) is 0 Å². The van der Waals surface area contributed by atoms with Crippen LogP contribution in [0, 0.1) is 0 Å². The van der Waals surface area contributed by atoms with Crippen LogP contribution < -0.4 is 4.72 Å². The Morgan fingerprint density at radius 1 is 1.29 bits per heavy atom. The van der Waals surface area contributed by atoms with Crippen LogP contribution in [0.1, 0.15) is 18.4 Å². The van der Waals surface area contributed by atoms with Gasteiger partial charge in [0, 0.05) is 19.1 Å². The van der Waals surface area contributed by atoms with Crippen molar-refractivity contribution in [2.45, 2.75) is 30.0 Å². The molecule has 0 aromatic heterocycles. The molecule has 0 aliphatic carbocycles. The summed E-state index contributed by atoms with van der Waals surface area (Å²) in [5, 5.41) is 8.71. The number of rotatable bonds is 5. The van der Waals surface area contributed by atoms with Gasteiger partial charge in [-0.3, -0.25) is 9.69 Å². The zero-order chi connectivity index (χ0) is 18.0. The van der Waals surface area contributed by atoms with Gasteiger partial charge in [0.25, 0.3) is 0 Å². The minimum absolute atomic E-state index is 0.118. The maximum Gasteiger partial charge on any atom is 0.416 e. The number of likely N-dealkylation sites (tertiary alicyclic amines) is 1. The molecular weight excluding hydrogens is 349 g/mol. The molecule has 6 nitrogen and oxygen atoms in total. The van der Waals surface area contributed by atoms with Crippen LogP contribution in [0.5, 0.6) is 0 Å². The molecule has 1 aromatic carbocycles. The number of alkyl halides is 3. The number of sulfonamides is 1. The van der Waals surface area contributed by atoms with Gasteiger partial charge in [-0.1, -0.05) is 6.07 Å². The summed E-state index contributed by atoms with van der Waals surface area (Å²) in [6.07, 6.45) is -3.83. The lowest BCUT2D eigenvalue weighted by atomic mass is 10.1. The molecule has 1 saturated heterocycles. The standard InChI is InChI=1S/C14H17F3N2O4S/c15-14(16,17)10-2-1-3-12(8-10)24(22,23)18-11-4-6-19(7-5-11)9-13(20)21/h1-3,8,11,18H,4-7,9H2,(H,20,21). The molecule has 1 aliphatic heterocycles. The van der Waals surface area contributed by atoms with E-state index in [1.165, 1.54) is 0 Å². The van der Waals surface area contributed by atoms with Crippen LogP contribution in [0.15, 0.2) is 29.2 Å². The molecule has 0 unspecified atom stereocenters. The number of piperidine rings is 1. The lowest BCUT2D eigenvalue weighted by Gasteiger charge is -2.31. The van der Waals surface area contributed by atoms with E-state index in [0.29, 0.717) is 32.0 Å². The van der Waals surface area contributed by atoms with Crippen molar-refractivity contribution in [2.24, 2.45) is 0 Å². The van der Waals surface area contributed by atoms with Crippen LogP contribution in [0.2, 0.25) is 0 Å². The molecule has 1 fully saturated rings. The van der Waals surface area contributed by atoms with E-state index in [1.807, 2.05) is 0 Å². The molecule has 24 heavy (non-hydrogen) atoms. The van der Waals surface area contributed by atoms with Crippen LogP contribution in [-0.2, 0) is 21.0 Å². The summed E-state index contributed by atoms with van der Waals surface area (Å²) < 4.78 is 65.0. The highest BCUT2D eigenvalue weighted by atomic mass is 32.2. The molecule has 0 radical (unpaired) electrons. The van der Waals surface area contributed by atoms with Gasteiger partial charge in [-0.15, -0.1) is 0 Å². The highest BCUT2D eigenvalue weighted by molar-refractivity contribution is 7.89. The molecule has 0 saturated carbocycles. The molecule has 2 N–H and O–H groups in total. The van der Waals surface area contributed by atoms with Gasteiger partial charge in [0.05, 0.1) is 17.0 Å².